The van der Waals surface area contributed by atoms with Crippen molar-refractivity contribution in [3.8, 4) is 23.0 Å². The molecule has 5 heteroatoms. The zero-order valence-corrected chi connectivity index (χ0v) is 8.92. The Labute approximate surface area is 97.9 Å². The van der Waals surface area contributed by atoms with Gasteiger partial charge in [0.1, 0.15) is 22.9 Å². The standard InChI is InChI=1S/C12H12N2O3/c13-8-6-7(4-5-9(8)15)17-11-3-1-2-10(16)12(11)14/h1-6,15-16H,13-14H2. The van der Waals surface area contributed by atoms with Gasteiger partial charge in [-0.05, 0) is 24.3 Å². The number of anilines is 2. The summed E-state index contributed by atoms with van der Waals surface area (Å²) in [6.45, 7) is 0. The first-order chi connectivity index (χ1) is 8.08. The number of para-hydroxylation sites is 1. The average molecular weight is 232 g/mol. The van der Waals surface area contributed by atoms with Crippen LogP contribution in [0.3, 0.4) is 0 Å². The summed E-state index contributed by atoms with van der Waals surface area (Å²) >= 11 is 0. The van der Waals surface area contributed by atoms with Gasteiger partial charge in [-0.3, -0.25) is 0 Å². The highest BCUT2D eigenvalue weighted by atomic mass is 16.5. The van der Waals surface area contributed by atoms with E-state index in [0.717, 1.165) is 0 Å². The number of nitrogens with two attached hydrogens (primary N) is 2. The monoisotopic (exact) mass is 232 g/mol. The van der Waals surface area contributed by atoms with Crippen molar-refractivity contribution in [3.05, 3.63) is 36.4 Å². The third-order valence-electron chi connectivity index (χ3n) is 2.27. The quantitative estimate of drug-likeness (QED) is 0.469. The summed E-state index contributed by atoms with van der Waals surface area (Å²) in [5, 5.41) is 18.7. The van der Waals surface area contributed by atoms with Crippen LogP contribution >= 0.6 is 0 Å². The highest BCUT2D eigenvalue weighted by Gasteiger charge is 2.07. The van der Waals surface area contributed by atoms with Crippen molar-refractivity contribution in [3.63, 3.8) is 0 Å². The molecule has 0 radical (unpaired) electrons. The molecule has 0 aliphatic rings. The van der Waals surface area contributed by atoms with Gasteiger partial charge in [-0.15, -0.1) is 0 Å². The molecule has 17 heavy (non-hydrogen) atoms. The fraction of sp³-hybridized carbons (Fsp3) is 0. The fourth-order valence-corrected chi connectivity index (χ4v) is 1.34. The van der Waals surface area contributed by atoms with Crippen LogP contribution in [0.15, 0.2) is 36.4 Å². The van der Waals surface area contributed by atoms with Crippen LogP contribution in [0.4, 0.5) is 11.4 Å². The molecule has 88 valence electrons. The molecule has 0 bridgehead atoms. The van der Waals surface area contributed by atoms with Gasteiger partial charge in [-0.1, -0.05) is 6.07 Å². The second kappa shape index (κ2) is 4.13. The van der Waals surface area contributed by atoms with E-state index in [9.17, 15) is 10.2 Å². The molecule has 0 saturated heterocycles. The molecule has 0 aliphatic carbocycles. The number of benzene rings is 2. The maximum atomic E-state index is 9.41. The van der Waals surface area contributed by atoms with Crippen molar-refractivity contribution >= 4 is 11.4 Å². The predicted molar refractivity (Wildman–Crippen MR) is 65.1 cm³/mol. The molecule has 0 heterocycles. The number of nitrogen functional groups attached to an aromatic ring is 2. The Balaban J connectivity index is 2.31. The van der Waals surface area contributed by atoms with Crippen LogP contribution in [-0.4, -0.2) is 10.2 Å². The second-order valence-corrected chi connectivity index (χ2v) is 3.51. The second-order valence-electron chi connectivity index (χ2n) is 3.51. The molecule has 0 unspecified atom stereocenters. The van der Waals surface area contributed by atoms with Crippen molar-refractivity contribution < 1.29 is 14.9 Å². The van der Waals surface area contributed by atoms with Crippen LogP contribution in [-0.2, 0) is 0 Å². The van der Waals surface area contributed by atoms with Gasteiger partial charge < -0.3 is 26.4 Å². The van der Waals surface area contributed by atoms with Crippen LogP contribution in [0, 0.1) is 0 Å². The fourth-order valence-electron chi connectivity index (χ4n) is 1.34. The first-order valence-corrected chi connectivity index (χ1v) is 4.91. The average Bonchev–Trinajstić information content (AvgIpc) is 2.30. The van der Waals surface area contributed by atoms with E-state index >= 15 is 0 Å². The Kier molecular flexibility index (Phi) is 2.66. The summed E-state index contributed by atoms with van der Waals surface area (Å²) in [6.07, 6.45) is 0. The zero-order valence-electron chi connectivity index (χ0n) is 8.92. The Morgan fingerprint density at radius 2 is 1.71 bits per heavy atom. The van der Waals surface area contributed by atoms with Crippen molar-refractivity contribution in [2.45, 2.75) is 0 Å². The van der Waals surface area contributed by atoms with Crippen LogP contribution in [0.5, 0.6) is 23.0 Å². The van der Waals surface area contributed by atoms with E-state index in [1.807, 2.05) is 0 Å². The highest BCUT2D eigenvalue weighted by molar-refractivity contribution is 5.63. The lowest BCUT2D eigenvalue weighted by Crippen LogP contribution is -1.93. The number of rotatable bonds is 2. The minimum absolute atomic E-state index is 0.0127. The summed E-state index contributed by atoms with van der Waals surface area (Å²) in [7, 11) is 0. The minimum atomic E-state index is -0.0470. The van der Waals surface area contributed by atoms with Gasteiger partial charge in [0, 0.05) is 6.07 Å². The van der Waals surface area contributed by atoms with E-state index in [2.05, 4.69) is 0 Å². The topological polar surface area (TPSA) is 102 Å². The summed E-state index contributed by atoms with van der Waals surface area (Å²) in [4.78, 5) is 0. The largest absolute Gasteiger partial charge is 0.506 e. The molecule has 5 nitrogen and oxygen atoms in total. The Hall–Kier alpha value is -2.56. The number of hydrogen-bond acceptors (Lipinski definition) is 5. The van der Waals surface area contributed by atoms with Gasteiger partial charge in [-0.2, -0.15) is 0 Å². The molecular formula is C12H12N2O3. The van der Waals surface area contributed by atoms with Gasteiger partial charge >= 0.3 is 0 Å². The summed E-state index contributed by atoms with van der Waals surface area (Å²) in [5.41, 5.74) is 11.5. The third kappa shape index (κ3) is 2.17. The van der Waals surface area contributed by atoms with Crippen molar-refractivity contribution in [1.29, 1.82) is 0 Å². The maximum absolute atomic E-state index is 9.41. The number of aromatic hydroxyl groups is 2. The lowest BCUT2D eigenvalue weighted by molar-refractivity contribution is 0.456. The molecule has 0 aromatic heterocycles. The lowest BCUT2D eigenvalue weighted by Gasteiger charge is -2.10. The minimum Gasteiger partial charge on any atom is -0.506 e. The SMILES string of the molecule is Nc1cc(Oc2cccc(O)c2N)ccc1O. The molecule has 0 amide bonds. The van der Waals surface area contributed by atoms with Crippen LogP contribution in [0.25, 0.3) is 0 Å². The van der Waals surface area contributed by atoms with Gasteiger partial charge in [0.25, 0.3) is 0 Å². The van der Waals surface area contributed by atoms with Crippen molar-refractivity contribution in [2.24, 2.45) is 0 Å². The van der Waals surface area contributed by atoms with E-state index in [1.54, 1.807) is 18.2 Å². The molecule has 6 N–H and O–H groups in total. The van der Waals surface area contributed by atoms with E-state index in [1.165, 1.54) is 18.2 Å². The van der Waals surface area contributed by atoms with Crippen LogP contribution in [0.2, 0.25) is 0 Å². The maximum Gasteiger partial charge on any atom is 0.154 e. The van der Waals surface area contributed by atoms with Crippen LogP contribution in [0.1, 0.15) is 0 Å². The number of phenols is 2. The van der Waals surface area contributed by atoms with Crippen molar-refractivity contribution in [2.75, 3.05) is 11.5 Å². The Morgan fingerprint density at radius 1 is 0.941 bits per heavy atom. The summed E-state index contributed by atoms with van der Waals surface area (Å²) in [5.74, 6) is 0.697. The highest BCUT2D eigenvalue weighted by Crippen LogP contribution is 2.35. The molecule has 0 saturated carbocycles. The molecule has 0 aliphatic heterocycles. The molecule has 2 aromatic carbocycles. The zero-order chi connectivity index (χ0) is 12.4. The molecule has 2 aromatic rings. The summed E-state index contributed by atoms with van der Waals surface area (Å²) < 4.78 is 5.45. The Morgan fingerprint density at radius 3 is 2.41 bits per heavy atom. The van der Waals surface area contributed by atoms with E-state index in [0.29, 0.717) is 11.5 Å². The number of ether oxygens (including phenoxy) is 1. The lowest BCUT2D eigenvalue weighted by atomic mass is 10.2. The Bertz CT molecular complexity index is 555. The van der Waals surface area contributed by atoms with Crippen LogP contribution < -0.4 is 16.2 Å². The van der Waals surface area contributed by atoms with Crippen molar-refractivity contribution in [1.82, 2.24) is 0 Å². The van der Waals surface area contributed by atoms with Gasteiger partial charge in [0.15, 0.2) is 5.75 Å². The molecule has 0 atom stereocenters. The van der Waals surface area contributed by atoms with E-state index in [4.69, 9.17) is 16.2 Å². The van der Waals surface area contributed by atoms with Gasteiger partial charge in [0.05, 0.1) is 5.69 Å². The number of hydrogen-bond donors (Lipinski definition) is 4. The molecule has 0 fully saturated rings. The number of phenolic OH excluding ortho intramolecular Hbond substituents is 2. The first kappa shape index (κ1) is 10.9. The molecule has 0 spiro atoms. The molecule has 2 rings (SSSR count). The predicted octanol–water partition coefficient (Wildman–Crippen LogP) is 2.05. The molecular weight excluding hydrogens is 220 g/mol. The third-order valence-corrected chi connectivity index (χ3v) is 2.27. The smallest absolute Gasteiger partial charge is 0.154 e. The van der Waals surface area contributed by atoms with E-state index in [-0.39, 0.29) is 22.9 Å². The summed E-state index contributed by atoms with van der Waals surface area (Å²) in [6, 6.07) is 9.15. The van der Waals surface area contributed by atoms with Gasteiger partial charge in [-0.25, -0.2) is 0 Å². The van der Waals surface area contributed by atoms with E-state index < -0.39 is 0 Å². The van der Waals surface area contributed by atoms with Gasteiger partial charge in [0.2, 0.25) is 0 Å². The first-order valence-electron chi connectivity index (χ1n) is 4.91. The normalized spacial score (nSPS) is 10.1.